The Hall–Kier alpha value is -2.86. The van der Waals surface area contributed by atoms with Crippen molar-refractivity contribution in [3.05, 3.63) is 59.7 Å². The van der Waals surface area contributed by atoms with Crippen molar-refractivity contribution < 1.29 is 14.3 Å². The van der Waals surface area contributed by atoms with Crippen LogP contribution in [0.3, 0.4) is 0 Å². The molecule has 4 rings (SSSR count). The van der Waals surface area contributed by atoms with Gasteiger partial charge in [0.25, 0.3) is 5.91 Å². The molecule has 0 aliphatic carbocycles. The van der Waals surface area contributed by atoms with Gasteiger partial charge >= 0.3 is 0 Å². The van der Waals surface area contributed by atoms with Crippen LogP contribution in [0.4, 0.5) is 5.69 Å². The molecule has 0 aromatic heterocycles. The van der Waals surface area contributed by atoms with Crippen molar-refractivity contribution in [3.8, 4) is 5.75 Å². The van der Waals surface area contributed by atoms with E-state index in [1.807, 2.05) is 17.0 Å². The van der Waals surface area contributed by atoms with Gasteiger partial charge in [0.2, 0.25) is 5.91 Å². The van der Waals surface area contributed by atoms with Gasteiger partial charge in [-0.15, -0.1) is 0 Å². The van der Waals surface area contributed by atoms with E-state index < -0.39 is 6.10 Å². The zero-order chi connectivity index (χ0) is 19.5. The number of rotatable bonds is 4. The van der Waals surface area contributed by atoms with Crippen LogP contribution in [0.15, 0.2) is 48.5 Å². The molecule has 6 nitrogen and oxygen atoms in total. The Morgan fingerprint density at radius 2 is 1.96 bits per heavy atom. The minimum Gasteiger partial charge on any atom is -0.478 e. The van der Waals surface area contributed by atoms with E-state index in [0.717, 1.165) is 18.5 Å². The molecule has 2 aromatic rings. The van der Waals surface area contributed by atoms with Crippen molar-refractivity contribution in [3.63, 3.8) is 0 Å². The van der Waals surface area contributed by atoms with E-state index in [-0.39, 0.29) is 24.3 Å². The van der Waals surface area contributed by atoms with Gasteiger partial charge in [0.1, 0.15) is 5.75 Å². The summed E-state index contributed by atoms with van der Waals surface area (Å²) < 4.78 is 5.80. The van der Waals surface area contributed by atoms with Crippen molar-refractivity contribution in [1.29, 1.82) is 0 Å². The summed E-state index contributed by atoms with van der Waals surface area (Å²) in [6.07, 6.45) is 0.214. The molecule has 2 aromatic carbocycles. The summed E-state index contributed by atoms with van der Waals surface area (Å²) in [4.78, 5) is 27.3. The monoisotopic (exact) mass is 379 g/mol. The van der Waals surface area contributed by atoms with E-state index in [1.54, 1.807) is 12.1 Å². The quantitative estimate of drug-likeness (QED) is 0.856. The first kappa shape index (κ1) is 18.5. The summed E-state index contributed by atoms with van der Waals surface area (Å²) in [7, 11) is 0. The third-order valence-electron chi connectivity index (χ3n) is 5.40. The van der Waals surface area contributed by atoms with Gasteiger partial charge in [-0.1, -0.05) is 43.3 Å². The first-order valence-corrected chi connectivity index (χ1v) is 9.81. The number of para-hydroxylation sites is 2. The molecular weight excluding hydrogens is 354 g/mol. The molecule has 0 saturated carbocycles. The predicted octanol–water partition coefficient (Wildman–Crippen LogP) is 2.51. The first-order chi connectivity index (χ1) is 13.7. The van der Waals surface area contributed by atoms with E-state index >= 15 is 0 Å². The number of hydrogen-bond donors (Lipinski definition) is 2. The third kappa shape index (κ3) is 3.73. The molecule has 2 heterocycles. The van der Waals surface area contributed by atoms with Crippen LogP contribution in [0.25, 0.3) is 0 Å². The largest absolute Gasteiger partial charge is 0.478 e. The molecule has 146 valence electrons. The van der Waals surface area contributed by atoms with Gasteiger partial charge < -0.3 is 20.3 Å². The highest BCUT2D eigenvalue weighted by atomic mass is 16.5. The number of hydrogen-bond acceptors (Lipinski definition) is 4. The number of amides is 2. The van der Waals surface area contributed by atoms with Gasteiger partial charge in [0.05, 0.1) is 18.2 Å². The third-order valence-corrected chi connectivity index (χ3v) is 5.40. The maximum atomic E-state index is 13.1. The zero-order valence-electron chi connectivity index (χ0n) is 16.0. The SMILES string of the molecule is CCc1ccc(C2CNCCN2C(=O)CC2Oc3ccccc3NC2=O)cc1. The molecular formula is C22H25N3O3. The highest BCUT2D eigenvalue weighted by molar-refractivity contribution is 6.00. The molecule has 0 bridgehead atoms. The number of benzene rings is 2. The summed E-state index contributed by atoms with van der Waals surface area (Å²) in [6.45, 7) is 4.19. The van der Waals surface area contributed by atoms with E-state index in [4.69, 9.17) is 4.74 Å². The highest BCUT2D eigenvalue weighted by Crippen LogP contribution is 2.30. The van der Waals surface area contributed by atoms with E-state index in [2.05, 4.69) is 41.8 Å². The number of carbonyl (C=O) groups excluding carboxylic acids is 2. The van der Waals surface area contributed by atoms with Crippen molar-refractivity contribution in [2.24, 2.45) is 0 Å². The van der Waals surface area contributed by atoms with Gasteiger partial charge in [-0.2, -0.15) is 0 Å². The maximum absolute atomic E-state index is 13.1. The topological polar surface area (TPSA) is 70.7 Å². The Balaban J connectivity index is 1.48. The molecule has 0 radical (unpaired) electrons. The fourth-order valence-corrected chi connectivity index (χ4v) is 3.78. The molecule has 0 spiro atoms. The van der Waals surface area contributed by atoms with Crippen LogP contribution in [-0.4, -0.2) is 42.5 Å². The van der Waals surface area contributed by atoms with Gasteiger partial charge in [-0.05, 0) is 29.7 Å². The minimum absolute atomic E-state index is 0.0315. The number of carbonyl (C=O) groups is 2. The Morgan fingerprint density at radius 1 is 1.18 bits per heavy atom. The van der Waals surface area contributed by atoms with Crippen molar-refractivity contribution in [1.82, 2.24) is 10.2 Å². The molecule has 2 aliphatic rings. The van der Waals surface area contributed by atoms with Crippen molar-refractivity contribution in [2.75, 3.05) is 25.0 Å². The molecule has 1 fully saturated rings. The number of ether oxygens (including phenoxy) is 1. The fourth-order valence-electron chi connectivity index (χ4n) is 3.78. The van der Waals surface area contributed by atoms with Crippen LogP contribution in [-0.2, 0) is 16.0 Å². The van der Waals surface area contributed by atoms with Crippen molar-refractivity contribution >= 4 is 17.5 Å². The minimum atomic E-state index is -0.805. The summed E-state index contributed by atoms with van der Waals surface area (Å²) in [5.74, 6) is 0.267. The van der Waals surface area contributed by atoms with Gasteiger partial charge in [0, 0.05) is 19.6 Å². The van der Waals surface area contributed by atoms with Gasteiger partial charge in [-0.25, -0.2) is 0 Å². The number of aryl methyl sites for hydroxylation is 1. The number of piperazine rings is 1. The predicted molar refractivity (Wildman–Crippen MR) is 107 cm³/mol. The first-order valence-electron chi connectivity index (χ1n) is 9.81. The second-order valence-corrected chi connectivity index (χ2v) is 7.20. The summed E-state index contributed by atoms with van der Waals surface area (Å²) in [5, 5.41) is 6.19. The van der Waals surface area contributed by atoms with Crippen LogP contribution in [0.5, 0.6) is 5.75 Å². The molecule has 2 N–H and O–H groups in total. The normalized spacial score (nSPS) is 21.5. The van der Waals surface area contributed by atoms with Crippen LogP contribution < -0.4 is 15.4 Å². The second kappa shape index (κ2) is 8.02. The Morgan fingerprint density at radius 3 is 2.75 bits per heavy atom. The number of nitrogens with one attached hydrogen (secondary N) is 2. The van der Waals surface area contributed by atoms with Gasteiger partial charge in [-0.3, -0.25) is 9.59 Å². The standard InChI is InChI=1S/C22H25N3O3/c1-2-15-7-9-16(10-8-15)18-14-23-11-12-25(18)21(26)13-20-22(27)24-17-5-3-4-6-19(17)28-20/h3-10,18,20,23H,2,11-14H2,1H3,(H,24,27). The maximum Gasteiger partial charge on any atom is 0.266 e. The molecule has 2 atom stereocenters. The Kier molecular flexibility index (Phi) is 5.30. The highest BCUT2D eigenvalue weighted by Gasteiger charge is 2.34. The Labute approximate surface area is 164 Å². The number of nitrogens with zero attached hydrogens (tertiary/aromatic N) is 1. The van der Waals surface area contributed by atoms with E-state index in [0.29, 0.717) is 24.5 Å². The second-order valence-electron chi connectivity index (χ2n) is 7.20. The van der Waals surface area contributed by atoms with Gasteiger partial charge in [0.15, 0.2) is 6.10 Å². The zero-order valence-corrected chi connectivity index (χ0v) is 16.0. The van der Waals surface area contributed by atoms with Crippen molar-refractivity contribution in [2.45, 2.75) is 31.9 Å². The summed E-state index contributed by atoms with van der Waals surface area (Å²) in [5.41, 5.74) is 3.03. The molecule has 1 saturated heterocycles. The van der Waals surface area contributed by atoms with Crippen LogP contribution in [0.1, 0.15) is 30.5 Å². The number of anilines is 1. The van der Waals surface area contributed by atoms with E-state index in [9.17, 15) is 9.59 Å². The van der Waals surface area contributed by atoms with Crippen LogP contribution >= 0.6 is 0 Å². The molecule has 6 heteroatoms. The summed E-state index contributed by atoms with van der Waals surface area (Å²) >= 11 is 0. The lowest BCUT2D eigenvalue weighted by Gasteiger charge is -2.37. The van der Waals surface area contributed by atoms with Crippen LogP contribution in [0, 0.1) is 0 Å². The molecule has 2 unspecified atom stereocenters. The van der Waals surface area contributed by atoms with E-state index in [1.165, 1.54) is 5.56 Å². The lowest BCUT2D eigenvalue weighted by Crippen LogP contribution is -2.50. The lowest BCUT2D eigenvalue weighted by atomic mass is 10.00. The molecule has 2 aliphatic heterocycles. The average Bonchev–Trinajstić information content (AvgIpc) is 2.74. The summed E-state index contributed by atoms with van der Waals surface area (Å²) in [6, 6.07) is 15.7. The molecule has 28 heavy (non-hydrogen) atoms. The lowest BCUT2D eigenvalue weighted by molar-refractivity contribution is -0.139. The average molecular weight is 379 g/mol. The number of fused-ring (bicyclic) bond motifs is 1. The molecule has 2 amide bonds. The Bertz CT molecular complexity index is 866. The fraction of sp³-hybridized carbons (Fsp3) is 0.364. The smallest absolute Gasteiger partial charge is 0.266 e. The van der Waals surface area contributed by atoms with Crippen LogP contribution in [0.2, 0.25) is 0 Å².